The molecule has 0 aliphatic carbocycles. The summed E-state index contributed by atoms with van der Waals surface area (Å²) in [5.41, 5.74) is 3.23. The van der Waals surface area contributed by atoms with E-state index in [2.05, 4.69) is 0 Å². The van der Waals surface area contributed by atoms with Crippen LogP contribution in [0.3, 0.4) is 0 Å². The van der Waals surface area contributed by atoms with Crippen molar-refractivity contribution in [1.29, 1.82) is 0 Å². The first-order valence-electron chi connectivity index (χ1n) is 10.5. The van der Waals surface area contributed by atoms with E-state index in [0.29, 0.717) is 23.0 Å². The molecule has 5 nitrogen and oxygen atoms in total. The molecule has 1 amide bonds. The minimum absolute atomic E-state index is 0.106. The lowest BCUT2D eigenvalue weighted by molar-refractivity contribution is 0.0999. The van der Waals surface area contributed by atoms with Crippen molar-refractivity contribution in [3.63, 3.8) is 0 Å². The summed E-state index contributed by atoms with van der Waals surface area (Å²) in [7, 11) is 1.56. The molecule has 0 heterocycles. The van der Waals surface area contributed by atoms with Crippen molar-refractivity contribution >= 4 is 23.1 Å². The van der Waals surface area contributed by atoms with Gasteiger partial charge in [0.2, 0.25) is 0 Å². The molecule has 4 rings (SSSR count). The number of para-hydroxylation sites is 3. The maximum Gasteiger partial charge on any atom is 0.267 e. The molecule has 4 aromatic rings. The highest BCUT2D eigenvalue weighted by Crippen LogP contribution is 2.33. The van der Waals surface area contributed by atoms with Crippen LogP contribution < -0.4 is 9.64 Å². The first-order chi connectivity index (χ1) is 16.1. The van der Waals surface area contributed by atoms with Gasteiger partial charge in [0.1, 0.15) is 17.3 Å². The number of anilines is 1. The minimum Gasteiger partial charge on any atom is -0.507 e. The van der Waals surface area contributed by atoms with Gasteiger partial charge in [-0.05, 0) is 43.3 Å². The van der Waals surface area contributed by atoms with Crippen LogP contribution in [-0.2, 0) is 0 Å². The quantitative estimate of drug-likeness (QED) is 0.302. The Kier molecular flexibility index (Phi) is 6.51. The van der Waals surface area contributed by atoms with Gasteiger partial charge in [-0.3, -0.25) is 9.69 Å². The number of rotatable bonds is 5. The Morgan fingerprint density at radius 1 is 0.818 bits per heavy atom. The standard InChI is InChI=1S/C28H24N2O3/c1-20-16-18-22(19-17-20)29-27(21-10-4-3-5-11-21)30(24-13-7-9-15-26(24)33-2)28(32)23-12-6-8-14-25(23)31/h3-19,31H,1-2H3. The number of aliphatic imine (C=N–C) groups is 1. The molecule has 164 valence electrons. The predicted molar refractivity (Wildman–Crippen MR) is 132 cm³/mol. The number of amidine groups is 1. The van der Waals surface area contributed by atoms with Crippen molar-refractivity contribution in [3.05, 3.63) is 120 Å². The number of hydrogen-bond donors (Lipinski definition) is 1. The van der Waals surface area contributed by atoms with Crippen LogP contribution in [0, 0.1) is 6.92 Å². The minimum atomic E-state index is -0.424. The topological polar surface area (TPSA) is 62.1 Å². The van der Waals surface area contributed by atoms with Crippen molar-refractivity contribution in [1.82, 2.24) is 0 Å². The van der Waals surface area contributed by atoms with Crippen molar-refractivity contribution in [3.8, 4) is 11.5 Å². The summed E-state index contributed by atoms with van der Waals surface area (Å²) in [4.78, 5) is 20.3. The molecule has 5 heteroatoms. The summed E-state index contributed by atoms with van der Waals surface area (Å²) in [6.07, 6.45) is 0. The third kappa shape index (κ3) is 4.77. The number of amides is 1. The number of carbonyl (C=O) groups is 1. The fourth-order valence-electron chi connectivity index (χ4n) is 3.48. The number of aryl methyl sites for hydroxylation is 1. The van der Waals surface area contributed by atoms with Crippen molar-refractivity contribution in [2.24, 2.45) is 4.99 Å². The first kappa shape index (κ1) is 21.8. The maximum atomic E-state index is 13.9. The van der Waals surface area contributed by atoms with E-state index in [1.807, 2.05) is 73.7 Å². The summed E-state index contributed by atoms with van der Waals surface area (Å²) >= 11 is 0. The van der Waals surface area contributed by atoms with Gasteiger partial charge in [-0.15, -0.1) is 0 Å². The number of aromatic hydroxyl groups is 1. The monoisotopic (exact) mass is 436 g/mol. The zero-order chi connectivity index (χ0) is 23.2. The largest absolute Gasteiger partial charge is 0.507 e. The second-order valence-electron chi connectivity index (χ2n) is 7.47. The van der Waals surface area contributed by atoms with Crippen LogP contribution in [0.15, 0.2) is 108 Å². The summed E-state index contributed by atoms with van der Waals surface area (Å²) < 4.78 is 5.58. The molecule has 0 aliphatic rings. The molecule has 0 saturated carbocycles. The number of phenolic OH excluding ortho intramolecular Hbond substituents is 1. The van der Waals surface area contributed by atoms with Crippen molar-refractivity contribution in [2.75, 3.05) is 12.0 Å². The number of nitrogens with zero attached hydrogens (tertiary/aromatic N) is 2. The number of benzene rings is 4. The smallest absolute Gasteiger partial charge is 0.267 e. The molecule has 1 N–H and O–H groups in total. The molecule has 0 saturated heterocycles. The molecular formula is C28H24N2O3. The number of hydrogen-bond acceptors (Lipinski definition) is 4. The molecule has 0 unspecified atom stereocenters. The first-order valence-corrected chi connectivity index (χ1v) is 10.5. The zero-order valence-electron chi connectivity index (χ0n) is 18.5. The van der Waals surface area contributed by atoms with E-state index in [-0.39, 0.29) is 11.3 Å². The van der Waals surface area contributed by atoms with Gasteiger partial charge in [-0.2, -0.15) is 0 Å². The van der Waals surface area contributed by atoms with E-state index < -0.39 is 5.91 Å². The Morgan fingerprint density at radius 3 is 2.15 bits per heavy atom. The summed E-state index contributed by atoms with van der Waals surface area (Å²) in [5, 5.41) is 10.5. The van der Waals surface area contributed by atoms with E-state index >= 15 is 0 Å². The average Bonchev–Trinajstić information content (AvgIpc) is 2.86. The van der Waals surface area contributed by atoms with Gasteiger partial charge < -0.3 is 9.84 Å². The third-order valence-electron chi connectivity index (χ3n) is 5.18. The molecule has 0 atom stereocenters. The zero-order valence-corrected chi connectivity index (χ0v) is 18.5. The lowest BCUT2D eigenvalue weighted by atomic mass is 10.1. The van der Waals surface area contributed by atoms with E-state index in [1.165, 1.54) is 11.0 Å². The molecule has 0 radical (unpaired) electrons. The average molecular weight is 437 g/mol. The Morgan fingerprint density at radius 2 is 1.45 bits per heavy atom. The molecule has 0 aromatic heterocycles. The van der Waals surface area contributed by atoms with E-state index in [1.54, 1.807) is 37.4 Å². The van der Waals surface area contributed by atoms with Gasteiger partial charge in [0.15, 0.2) is 0 Å². The molecule has 0 bridgehead atoms. The highest BCUT2D eigenvalue weighted by atomic mass is 16.5. The van der Waals surface area contributed by atoms with Crippen molar-refractivity contribution < 1.29 is 14.6 Å². The lowest BCUT2D eigenvalue weighted by Gasteiger charge is -2.26. The molecule has 4 aromatic carbocycles. The van der Waals surface area contributed by atoms with Crippen molar-refractivity contribution in [2.45, 2.75) is 6.92 Å². The Labute approximate surface area is 193 Å². The fraction of sp³-hybridized carbons (Fsp3) is 0.0714. The normalized spacial score (nSPS) is 11.2. The fourth-order valence-corrected chi connectivity index (χ4v) is 3.48. The number of phenols is 1. The molecule has 33 heavy (non-hydrogen) atoms. The Balaban J connectivity index is 1.98. The van der Waals surface area contributed by atoms with Gasteiger partial charge in [0.05, 0.1) is 24.0 Å². The summed E-state index contributed by atoms with van der Waals surface area (Å²) in [6, 6.07) is 31.0. The number of methoxy groups -OCH3 is 1. The SMILES string of the molecule is COc1ccccc1N(C(=O)c1ccccc1O)C(=Nc1ccc(C)cc1)c1ccccc1. The number of carbonyl (C=O) groups excluding carboxylic acids is 1. The van der Waals surface area contributed by atoms with E-state index in [0.717, 1.165) is 11.1 Å². The van der Waals surface area contributed by atoms with Crippen LogP contribution in [0.4, 0.5) is 11.4 Å². The molecule has 0 aliphatic heterocycles. The molecule has 0 fully saturated rings. The molecule has 0 spiro atoms. The van der Waals surface area contributed by atoms with Gasteiger partial charge >= 0.3 is 0 Å². The van der Waals surface area contributed by atoms with Gasteiger partial charge in [0.25, 0.3) is 5.91 Å². The van der Waals surface area contributed by atoms with Gasteiger partial charge in [-0.1, -0.05) is 72.3 Å². The second kappa shape index (κ2) is 9.83. The van der Waals surface area contributed by atoms with Crippen LogP contribution in [0.25, 0.3) is 0 Å². The summed E-state index contributed by atoms with van der Waals surface area (Å²) in [5.74, 6) is 0.392. The predicted octanol–water partition coefficient (Wildman–Crippen LogP) is 6.13. The van der Waals surface area contributed by atoms with Crippen LogP contribution in [0.1, 0.15) is 21.5 Å². The summed E-state index contributed by atoms with van der Waals surface area (Å²) in [6.45, 7) is 2.01. The second-order valence-corrected chi connectivity index (χ2v) is 7.47. The highest BCUT2D eigenvalue weighted by molar-refractivity contribution is 6.29. The maximum absolute atomic E-state index is 13.9. The van der Waals surface area contributed by atoms with Gasteiger partial charge in [-0.25, -0.2) is 4.99 Å². The van der Waals surface area contributed by atoms with Crippen LogP contribution in [0.2, 0.25) is 0 Å². The highest BCUT2D eigenvalue weighted by Gasteiger charge is 2.28. The van der Waals surface area contributed by atoms with E-state index in [4.69, 9.17) is 9.73 Å². The van der Waals surface area contributed by atoms with Crippen LogP contribution in [0.5, 0.6) is 11.5 Å². The Hall–Kier alpha value is -4.38. The number of ether oxygens (including phenoxy) is 1. The lowest BCUT2D eigenvalue weighted by Crippen LogP contribution is -2.38. The van der Waals surface area contributed by atoms with Gasteiger partial charge in [0, 0.05) is 5.56 Å². The van der Waals surface area contributed by atoms with Crippen LogP contribution in [-0.4, -0.2) is 24.0 Å². The third-order valence-corrected chi connectivity index (χ3v) is 5.18. The molecular weight excluding hydrogens is 412 g/mol. The Bertz CT molecular complexity index is 1280. The van der Waals surface area contributed by atoms with Crippen LogP contribution >= 0.6 is 0 Å². The van der Waals surface area contributed by atoms with E-state index in [9.17, 15) is 9.90 Å².